The molecule has 0 saturated heterocycles. The molecule has 11 heteroatoms. The third-order valence-electron chi connectivity index (χ3n) is 3.51. The van der Waals surface area contributed by atoms with Crippen LogP contribution in [0.25, 0.3) is 10.8 Å². The second-order valence-corrected chi connectivity index (χ2v) is 8.03. The summed E-state index contributed by atoms with van der Waals surface area (Å²) in [5.41, 5.74) is 11.8. The van der Waals surface area contributed by atoms with E-state index in [0.717, 1.165) is 15.2 Å². The van der Waals surface area contributed by atoms with Gasteiger partial charge in [0.1, 0.15) is 5.69 Å². The van der Waals surface area contributed by atoms with Crippen molar-refractivity contribution >= 4 is 59.9 Å². The second-order valence-electron chi connectivity index (χ2n) is 5.44. The molecule has 1 aromatic heterocycles. The number of fused-ring (bicyclic) bond motifs is 1. The SMILES string of the molecule is N=C(N)NS(=O)(=O)c1ccc(/N=N/c2c(N)ncc3ccc(Br)cc23)cc1. The van der Waals surface area contributed by atoms with E-state index in [1.165, 1.54) is 24.3 Å². The highest BCUT2D eigenvalue weighted by atomic mass is 79.9. The van der Waals surface area contributed by atoms with Crippen molar-refractivity contribution in [1.82, 2.24) is 9.71 Å². The summed E-state index contributed by atoms with van der Waals surface area (Å²) in [5.74, 6) is -0.432. The van der Waals surface area contributed by atoms with E-state index in [1.54, 1.807) is 6.20 Å². The molecule has 9 nitrogen and oxygen atoms in total. The monoisotopic (exact) mass is 447 g/mol. The van der Waals surface area contributed by atoms with Crippen LogP contribution >= 0.6 is 15.9 Å². The predicted molar refractivity (Wildman–Crippen MR) is 107 cm³/mol. The first-order valence-corrected chi connectivity index (χ1v) is 9.76. The lowest BCUT2D eigenvalue weighted by Crippen LogP contribution is -2.35. The van der Waals surface area contributed by atoms with Crippen molar-refractivity contribution in [2.75, 3.05) is 5.73 Å². The number of anilines is 1. The fraction of sp³-hybridized carbons (Fsp3) is 0. The van der Waals surface area contributed by atoms with Crippen molar-refractivity contribution < 1.29 is 8.42 Å². The standard InChI is InChI=1S/C16H14BrN7O2S/c17-10-2-1-9-8-21-15(18)14(13(9)7-10)23-22-11-3-5-12(6-4-11)27(25,26)24-16(19)20/h1-8H,(H2,18,21)(H4,19,20,24)/b23-22+. The number of nitrogens with zero attached hydrogens (tertiary/aromatic N) is 3. The van der Waals surface area contributed by atoms with Crippen LogP contribution in [0.5, 0.6) is 0 Å². The van der Waals surface area contributed by atoms with Crippen LogP contribution in [0.1, 0.15) is 0 Å². The van der Waals surface area contributed by atoms with Crippen LogP contribution in [-0.2, 0) is 10.0 Å². The molecule has 2 aromatic carbocycles. The van der Waals surface area contributed by atoms with Gasteiger partial charge in [0.05, 0.1) is 10.6 Å². The molecule has 138 valence electrons. The van der Waals surface area contributed by atoms with Gasteiger partial charge in [-0.15, -0.1) is 5.11 Å². The van der Waals surface area contributed by atoms with E-state index in [9.17, 15) is 8.42 Å². The number of sulfonamides is 1. The van der Waals surface area contributed by atoms with Crippen molar-refractivity contribution in [3.63, 3.8) is 0 Å². The highest BCUT2D eigenvalue weighted by Crippen LogP contribution is 2.33. The van der Waals surface area contributed by atoms with Gasteiger partial charge in [-0.25, -0.2) is 18.1 Å². The maximum absolute atomic E-state index is 11.9. The fourth-order valence-electron chi connectivity index (χ4n) is 2.29. The minimum Gasteiger partial charge on any atom is -0.382 e. The van der Waals surface area contributed by atoms with Crippen LogP contribution in [0.2, 0.25) is 0 Å². The van der Waals surface area contributed by atoms with E-state index >= 15 is 0 Å². The molecule has 0 bridgehead atoms. The normalized spacial score (nSPS) is 11.7. The maximum atomic E-state index is 11.9. The lowest BCUT2D eigenvalue weighted by Gasteiger charge is -2.06. The molecule has 0 aliphatic heterocycles. The summed E-state index contributed by atoms with van der Waals surface area (Å²) in [5, 5.41) is 17.0. The molecule has 0 radical (unpaired) electrons. The Kier molecular flexibility index (Phi) is 5.06. The maximum Gasteiger partial charge on any atom is 0.264 e. The topological polar surface area (TPSA) is 160 Å². The molecule has 0 spiro atoms. The van der Waals surface area contributed by atoms with Crippen LogP contribution in [0.3, 0.4) is 0 Å². The van der Waals surface area contributed by atoms with Crippen LogP contribution in [0.15, 0.2) is 68.3 Å². The van der Waals surface area contributed by atoms with Gasteiger partial charge in [-0.05, 0) is 36.4 Å². The molecule has 3 aromatic rings. The highest BCUT2D eigenvalue weighted by Gasteiger charge is 2.14. The number of guanidine groups is 1. The Morgan fingerprint density at radius 3 is 2.52 bits per heavy atom. The van der Waals surface area contributed by atoms with Crippen LogP contribution < -0.4 is 16.2 Å². The van der Waals surface area contributed by atoms with E-state index < -0.39 is 16.0 Å². The Bertz CT molecular complexity index is 1160. The third kappa shape index (κ3) is 4.20. The van der Waals surface area contributed by atoms with E-state index in [2.05, 4.69) is 31.1 Å². The summed E-state index contributed by atoms with van der Waals surface area (Å²) < 4.78 is 26.6. The Morgan fingerprint density at radius 1 is 1.15 bits per heavy atom. The van der Waals surface area contributed by atoms with Crippen molar-refractivity contribution in [2.24, 2.45) is 16.0 Å². The first-order chi connectivity index (χ1) is 12.8. The largest absolute Gasteiger partial charge is 0.382 e. The zero-order valence-electron chi connectivity index (χ0n) is 13.7. The van der Waals surface area contributed by atoms with Crippen LogP contribution in [-0.4, -0.2) is 19.4 Å². The molecule has 6 N–H and O–H groups in total. The number of halogens is 1. The number of benzene rings is 2. The van der Waals surface area contributed by atoms with Gasteiger partial charge in [0.2, 0.25) is 0 Å². The number of nitrogens with two attached hydrogens (primary N) is 2. The predicted octanol–water partition coefficient (Wildman–Crippen LogP) is 3.17. The number of rotatable bonds is 4. The highest BCUT2D eigenvalue weighted by molar-refractivity contribution is 9.10. The zero-order valence-corrected chi connectivity index (χ0v) is 16.1. The number of azo groups is 1. The summed E-state index contributed by atoms with van der Waals surface area (Å²) in [6.45, 7) is 0. The van der Waals surface area contributed by atoms with Crippen LogP contribution in [0.4, 0.5) is 17.2 Å². The molecular formula is C16H14BrN7O2S. The summed E-state index contributed by atoms with van der Waals surface area (Å²) >= 11 is 3.41. The van der Waals surface area contributed by atoms with Gasteiger partial charge in [-0.2, -0.15) is 5.11 Å². The summed E-state index contributed by atoms with van der Waals surface area (Å²) in [7, 11) is -3.89. The Morgan fingerprint density at radius 2 is 1.85 bits per heavy atom. The van der Waals surface area contributed by atoms with Crippen molar-refractivity contribution in [1.29, 1.82) is 5.41 Å². The van der Waals surface area contributed by atoms with Crippen molar-refractivity contribution in [2.45, 2.75) is 4.90 Å². The number of pyridine rings is 1. The summed E-state index contributed by atoms with van der Waals surface area (Å²) in [6.07, 6.45) is 1.65. The Balaban J connectivity index is 1.93. The molecule has 0 aliphatic rings. The molecule has 3 rings (SSSR count). The quantitative estimate of drug-likeness (QED) is 0.274. The number of aromatic nitrogens is 1. The molecule has 0 amide bonds. The van der Waals surface area contributed by atoms with Gasteiger partial charge in [0.15, 0.2) is 11.8 Å². The number of nitrogen functional groups attached to an aromatic ring is 1. The zero-order chi connectivity index (χ0) is 19.6. The molecule has 1 heterocycles. The van der Waals surface area contributed by atoms with Gasteiger partial charge in [0.25, 0.3) is 10.0 Å². The average molecular weight is 448 g/mol. The summed E-state index contributed by atoms with van der Waals surface area (Å²) in [4.78, 5) is 4.06. The molecule has 0 fully saturated rings. The van der Waals surface area contributed by atoms with E-state index in [4.69, 9.17) is 16.9 Å². The Labute approximate surface area is 163 Å². The molecule has 27 heavy (non-hydrogen) atoms. The number of hydrogen-bond acceptors (Lipinski definition) is 7. The smallest absolute Gasteiger partial charge is 0.264 e. The van der Waals surface area contributed by atoms with Crippen molar-refractivity contribution in [3.8, 4) is 0 Å². The lowest BCUT2D eigenvalue weighted by molar-refractivity contribution is 0.592. The molecule has 0 unspecified atom stereocenters. The van der Waals surface area contributed by atoms with Gasteiger partial charge in [-0.3, -0.25) is 5.41 Å². The van der Waals surface area contributed by atoms with Gasteiger partial charge >= 0.3 is 0 Å². The Hall–Kier alpha value is -3.05. The van der Waals surface area contributed by atoms with E-state index in [0.29, 0.717) is 11.4 Å². The first kappa shape index (κ1) is 18.7. The minimum absolute atomic E-state index is 0.0491. The lowest BCUT2D eigenvalue weighted by atomic mass is 10.1. The van der Waals surface area contributed by atoms with Gasteiger partial charge in [-0.1, -0.05) is 22.0 Å². The number of nitrogens with one attached hydrogen (secondary N) is 2. The van der Waals surface area contributed by atoms with E-state index in [1.807, 2.05) is 22.9 Å². The molecular weight excluding hydrogens is 434 g/mol. The fourth-order valence-corrected chi connectivity index (χ4v) is 3.56. The van der Waals surface area contributed by atoms with E-state index in [-0.39, 0.29) is 10.7 Å². The number of hydrogen-bond donors (Lipinski definition) is 4. The average Bonchev–Trinajstić information content (AvgIpc) is 2.60. The van der Waals surface area contributed by atoms with Crippen LogP contribution in [0, 0.1) is 5.41 Å². The third-order valence-corrected chi connectivity index (χ3v) is 5.39. The van der Waals surface area contributed by atoms with Gasteiger partial charge < -0.3 is 11.5 Å². The second kappa shape index (κ2) is 7.29. The first-order valence-electron chi connectivity index (χ1n) is 7.49. The van der Waals surface area contributed by atoms with Gasteiger partial charge in [0, 0.05) is 21.4 Å². The molecule has 0 atom stereocenters. The minimum atomic E-state index is -3.89. The van der Waals surface area contributed by atoms with Crippen molar-refractivity contribution in [3.05, 3.63) is 53.1 Å². The molecule has 0 aliphatic carbocycles. The molecule has 0 saturated carbocycles. The summed E-state index contributed by atoms with van der Waals surface area (Å²) in [6, 6.07) is 11.3.